The van der Waals surface area contributed by atoms with Gasteiger partial charge in [0, 0.05) is 6.54 Å². The van der Waals surface area contributed by atoms with Crippen molar-refractivity contribution in [2.75, 3.05) is 14.1 Å². The highest BCUT2D eigenvalue weighted by Gasteiger charge is 2.24. The van der Waals surface area contributed by atoms with E-state index in [1.165, 1.54) is 11.8 Å². The van der Waals surface area contributed by atoms with Gasteiger partial charge in [-0.3, -0.25) is 15.0 Å². The lowest BCUT2D eigenvalue weighted by Crippen LogP contribution is -2.39. The summed E-state index contributed by atoms with van der Waals surface area (Å²) in [6.07, 6.45) is 2.97. The van der Waals surface area contributed by atoms with E-state index in [0.29, 0.717) is 5.16 Å². The molecule has 8 nitrogen and oxygen atoms in total. The van der Waals surface area contributed by atoms with Gasteiger partial charge in [0.2, 0.25) is 5.91 Å². The van der Waals surface area contributed by atoms with Crippen LogP contribution < -0.4 is 11.1 Å². The highest BCUT2D eigenvalue weighted by Crippen LogP contribution is 2.28. The summed E-state index contributed by atoms with van der Waals surface area (Å²) >= 11 is 1.28. The number of rotatable bonds is 9. The van der Waals surface area contributed by atoms with Crippen LogP contribution in [-0.2, 0) is 11.3 Å². The van der Waals surface area contributed by atoms with Gasteiger partial charge in [-0.05, 0) is 33.9 Å². The third kappa shape index (κ3) is 5.48. The summed E-state index contributed by atoms with van der Waals surface area (Å²) in [5, 5.41) is 10.9. The minimum Gasteiger partial charge on any atom is -0.351 e. The van der Waals surface area contributed by atoms with E-state index < -0.39 is 17.2 Å². The molecule has 0 aliphatic heterocycles. The first-order chi connectivity index (χ1) is 11.3. The van der Waals surface area contributed by atoms with Crippen LogP contribution in [0, 0.1) is 0 Å². The molecule has 0 unspecified atom stereocenters. The SMILES string of the molecule is CCCCn1c(S[C@H](C)C(=O)NC(N)=O)nnc1[C@H](CC)N(C)C. The molecule has 0 saturated heterocycles. The van der Waals surface area contributed by atoms with Gasteiger partial charge >= 0.3 is 6.03 Å². The number of unbranched alkanes of at least 4 members (excludes halogenated alkanes) is 1. The number of nitrogens with two attached hydrogens (primary N) is 1. The second-order valence-electron chi connectivity index (χ2n) is 5.85. The van der Waals surface area contributed by atoms with Crippen molar-refractivity contribution in [3.63, 3.8) is 0 Å². The minimum absolute atomic E-state index is 0.165. The third-order valence-electron chi connectivity index (χ3n) is 3.69. The quantitative estimate of drug-likeness (QED) is 0.653. The van der Waals surface area contributed by atoms with Crippen molar-refractivity contribution in [1.82, 2.24) is 25.0 Å². The number of carbonyl (C=O) groups excluding carboxylic acids is 2. The molecule has 0 bridgehead atoms. The molecule has 9 heteroatoms. The molecule has 0 aliphatic carbocycles. The van der Waals surface area contributed by atoms with Crippen molar-refractivity contribution in [3.8, 4) is 0 Å². The lowest BCUT2D eigenvalue weighted by molar-refractivity contribution is -0.119. The molecule has 0 spiro atoms. The number of hydrogen-bond donors (Lipinski definition) is 2. The molecule has 3 amide bonds. The Balaban J connectivity index is 3.03. The average Bonchev–Trinajstić information content (AvgIpc) is 2.87. The summed E-state index contributed by atoms with van der Waals surface area (Å²) in [6, 6.07) is -0.683. The number of nitrogens with zero attached hydrogens (tertiary/aromatic N) is 4. The zero-order chi connectivity index (χ0) is 18.3. The Hall–Kier alpha value is -1.61. The van der Waals surface area contributed by atoms with Crippen LogP contribution in [-0.4, -0.2) is 50.9 Å². The van der Waals surface area contributed by atoms with Crippen LogP contribution in [0.25, 0.3) is 0 Å². The topological polar surface area (TPSA) is 106 Å². The lowest BCUT2D eigenvalue weighted by Gasteiger charge is -2.23. The molecule has 1 aromatic heterocycles. The number of carbonyl (C=O) groups is 2. The van der Waals surface area contributed by atoms with E-state index in [1.807, 2.05) is 14.1 Å². The average molecular weight is 356 g/mol. The van der Waals surface area contributed by atoms with Crippen molar-refractivity contribution in [2.45, 2.75) is 63.0 Å². The van der Waals surface area contributed by atoms with Gasteiger partial charge in [0.15, 0.2) is 11.0 Å². The van der Waals surface area contributed by atoms with E-state index in [2.05, 4.69) is 38.8 Å². The van der Waals surface area contributed by atoms with Crippen molar-refractivity contribution in [3.05, 3.63) is 5.82 Å². The van der Waals surface area contributed by atoms with Gasteiger partial charge in [-0.25, -0.2) is 4.79 Å². The van der Waals surface area contributed by atoms with E-state index >= 15 is 0 Å². The molecule has 1 aromatic rings. The first kappa shape index (κ1) is 20.4. The van der Waals surface area contributed by atoms with Gasteiger partial charge in [0.1, 0.15) is 0 Å². The molecule has 0 radical (unpaired) electrons. The number of imide groups is 1. The van der Waals surface area contributed by atoms with E-state index in [4.69, 9.17) is 5.73 Å². The summed E-state index contributed by atoms with van der Waals surface area (Å²) in [5.74, 6) is 0.472. The van der Waals surface area contributed by atoms with Crippen LogP contribution in [0.1, 0.15) is 51.9 Å². The first-order valence-corrected chi connectivity index (χ1v) is 9.06. The Labute approximate surface area is 147 Å². The fourth-order valence-corrected chi connectivity index (χ4v) is 3.26. The number of aromatic nitrogens is 3. The maximum atomic E-state index is 11.9. The van der Waals surface area contributed by atoms with Crippen LogP contribution in [0.3, 0.4) is 0 Å². The van der Waals surface area contributed by atoms with Gasteiger partial charge < -0.3 is 10.3 Å². The van der Waals surface area contributed by atoms with Gasteiger partial charge in [-0.15, -0.1) is 10.2 Å². The van der Waals surface area contributed by atoms with Gasteiger partial charge in [-0.2, -0.15) is 0 Å². The van der Waals surface area contributed by atoms with Crippen LogP contribution in [0.4, 0.5) is 4.79 Å². The van der Waals surface area contributed by atoms with Crippen molar-refractivity contribution in [2.24, 2.45) is 5.73 Å². The van der Waals surface area contributed by atoms with Crippen LogP contribution in [0.5, 0.6) is 0 Å². The van der Waals surface area contributed by atoms with E-state index in [0.717, 1.165) is 31.6 Å². The van der Waals surface area contributed by atoms with E-state index in [-0.39, 0.29) is 6.04 Å². The maximum absolute atomic E-state index is 11.9. The Kier molecular flexibility index (Phi) is 8.20. The normalized spacial score (nSPS) is 13.8. The van der Waals surface area contributed by atoms with Crippen molar-refractivity contribution >= 4 is 23.7 Å². The Morgan fingerprint density at radius 3 is 2.50 bits per heavy atom. The third-order valence-corrected chi connectivity index (χ3v) is 4.77. The molecule has 2 atom stereocenters. The molecule has 3 N–H and O–H groups in total. The van der Waals surface area contributed by atoms with Crippen molar-refractivity contribution < 1.29 is 9.59 Å². The van der Waals surface area contributed by atoms with Gasteiger partial charge in [0.05, 0.1) is 11.3 Å². The Morgan fingerprint density at radius 1 is 1.33 bits per heavy atom. The number of primary amides is 1. The Bertz CT molecular complexity index is 560. The van der Waals surface area contributed by atoms with Gasteiger partial charge in [-0.1, -0.05) is 32.0 Å². The molecule has 0 aromatic carbocycles. The second kappa shape index (κ2) is 9.63. The molecule has 136 valence electrons. The fraction of sp³-hybridized carbons (Fsp3) is 0.733. The molecule has 1 heterocycles. The fourth-order valence-electron chi connectivity index (χ4n) is 2.37. The zero-order valence-electron chi connectivity index (χ0n) is 15.1. The van der Waals surface area contributed by atoms with Crippen LogP contribution in [0.2, 0.25) is 0 Å². The van der Waals surface area contributed by atoms with E-state index in [1.54, 1.807) is 6.92 Å². The highest BCUT2D eigenvalue weighted by molar-refractivity contribution is 8.00. The Morgan fingerprint density at radius 2 is 2.00 bits per heavy atom. The number of thioether (sulfide) groups is 1. The lowest BCUT2D eigenvalue weighted by atomic mass is 10.2. The van der Waals surface area contributed by atoms with Crippen LogP contribution in [0.15, 0.2) is 5.16 Å². The summed E-state index contributed by atoms with van der Waals surface area (Å²) in [7, 11) is 4.03. The molecule has 24 heavy (non-hydrogen) atoms. The predicted molar refractivity (Wildman–Crippen MR) is 94.7 cm³/mol. The van der Waals surface area contributed by atoms with E-state index in [9.17, 15) is 9.59 Å². The summed E-state index contributed by atoms with van der Waals surface area (Å²) in [5.41, 5.74) is 5.00. The number of urea groups is 1. The minimum atomic E-state index is -0.848. The molecular weight excluding hydrogens is 328 g/mol. The van der Waals surface area contributed by atoms with Gasteiger partial charge in [0.25, 0.3) is 0 Å². The first-order valence-electron chi connectivity index (χ1n) is 8.18. The second-order valence-corrected chi connectivity index (χ2v) is 7.16. The summed E-state index contributed by atoms with van der Waals surface area (Å²) < 4.78 is 2.08. The predicted octanol–water partition coefficient (Wildman–Crippen LogP) is 1.77. The molecular formula is C15H28N6O2S. The highest BCUT2D eigenvalue weighted by atomic mass is 32.2. The largest absolute Gasteiger partial charge is 0.351 e. The molecule has 0 aliphatic rings. The standard InChI is InChI=1S/C15H28N6O2S/c1-6-8-9-21-12(11(7-2)20(4)5)18-19-15(21)24-10(3)13(22)17-14(16)23/h10-11H,6-9H2,1-5H3,(H3,16,17,22,23)/t10-,11+/m1/s1. The number of hydrogen-bond acceptors (Lipinski definition) is 6. The molecule has 0 saturated carbocycles. The zero-order valence-corrected chi connectivity index (χ0v) is 15.9. The maximum Gasteiger partial charge on any atom is 0.318 e. The number of amides is 3. The summed E-state index contributed by atoms with van der Waals surface area (Å²) in [4.78, 5) is 24.8. The van der Waals surface area contributed by atoms with Crippen LogP contribution >= 0.6 is 11.8 Å². The molecule has 0 fully saturated rings. The smallest absolute Gasteiger partial charge is 0.318 e. The molecule has 1 rings (SSSR count). The number of nitrogens with one attached hydrogen (secondary N) is 1. The van der Waals surface area contributed by atoms with Crippen molar-refractivity contribution in [1.29, 1.82) is 0 Å². The monoisotopic (exact) mass is 356 g/mol. The summed E-state index contributed by atoms with van der Waals surface area (Å²) in [6.45, 7) is 6.75.